The summed E-state index contributed by atoms with van der Waals surface area (Å²) < 4.78 is 21.1. The van der Waals surface area contributed by atoms with E-state index in [0.717, 1.165) is 29.2 Å². The fourth-order valence-electron chi connectivity index (χ4n) is 3.83. The van der Waals surface area contributed by atoms with Crippen molar-refractivity contribution in [1.29, 1.82) is 0 Å². The molecule has 1 saturated heterocycles. The van der Waals surface area contributed by atoms with Crippen molar-refractivity contribution in [1.82, 2.24) is 15.4 Å². The molecule has 1 fully saturated rings. The van der Waals surface area contributed by atoms with Crippen molar-refractivity contribution >= 4 is 12.0 Å². The molecule has 0 aliphatic carbocycles. The first kappa shape index (κ1) is 21.0. The van der Waals surface area contributed by atoms with Gasteiger partial charge in [0.05, 0.1) is 12.3 Å². The van der Waals surface area contributed by atoms with E-state index in [1.54, 1.807) is 17.9 Å². The Kier molecular flexibility index (Phi) is 6.29. The molecular weight excluding hydrogens is 402 g/mol. The van der Waals surface area contributed by atoms with Crippen LogP contribution in [-0.4, -0.2) is 54.6 Å². The minimum Gasteiger partial charge on any atom is -0.454 e. The lowest BCUT2D eigenvalue weighted by Crippen LogP contribution is -2.46. The summed E-state index contributed by atoms with van der Waals surface area (Å²) in [6.45, 7) is 5.53. The van der Waals surface area contributed by atoms with Crippen molar-refractivity contribution in [2.75, 3.05) is 26.5 Å². The summed E-state index contributed by atoms with van der Waals surface area (Å²) in [6, 6.07) is 7.55. The second kappa shape index (κ2) is 9.28. The molecule has 166 valence electrons. The fourth-order valence-corrected chi connectivity index (χ4v) is 3.83. The summed E-state index contributed by atoms with van der Waals surface area (Å²) in [5.41, 5.74) is 1.82. The van der Waals surface area contributed by atoms with E-state index in [2.05, 4.69) is 10.5 Å². The molecule has 9 nitrogen and oxygen atoms in total. The van der Waals surface area contributed by atoms with E-state index in [0.29, 0.717) is 32.5 Å². The summed E-state index contributed by atoms with van der Waals surface area (Å²) in [5.74, 6) is 1.48. The minimum atomic E-state index is -0.302. The molecule has 2 aromatic rings. The Morgan fingerprint density at radius 3 is 2.77 bits per heavy atom. The molecule has 2 amide bonds. The third kappa shape index (κ3) is 4.92. The standard InChI is InChI=1S/C22H27N3O6/c1-3-28-22(27)25-8-6-16(7-9-25)23-21(26)20-12-17(24-31-20)14(2)10-15-4-5-18-19(11-15)30-13-29-18/h4-5,11-12,14,16H,3,6-10,13H2,1-2H3,(H,23,26). The highest BCUT2D eigenvalue weighted by Crippen LogP contribution is 2.34. The Morgan fingerprint density at radius 2 is 2.00 bits per heavy atom. The maximum Gasteiger partial charge on any atom is 0.409 e. The highest BCUT2D eigenvalue weighted by molar-refractivity contribution is 5.91. The van der Waals surface area contributed by atoms with Crippen molar-refractivity contribution in [3.05, 3.63) is 41.3 Å². The molecule has 1 unspecified atom stereocenters. The zero-order valence-electron chi connectivity index (χ0n) is 17.8. The molecule has 1 N–H and O–H groups in total. The smallest absolute Gasteiger partial charge is 0.409 e. The molecule has 2 aliphatic rings. The molecule has 0 radical (unpaired) electrons. The third-order valence-corrected chi connectivity index (χ3v) is 5.59. The van der Waals surface area contributed by atoms with Crippen LogP contribution in [0.2, 0.25) is 0 Å². The Balaban J connectivity index is 1.29. The van der Waals surface area contributed by atoms with E-state index < -0.39 is 0 Å². The zero-order valence-corrected chi connectivity index (χ0v) is 17.8. The van der Waals surface area contributed by atoms with Gasteiger partial charge in [0, 0.05) is 31.1 Å². The molecule has 1 aromatic heterocycles. The second-order valence-electron chi connectivity index (χ2n) is 7.84. The van der Waals surface area contributed by atoms with Gasteiger partial charge >= 0.3 is 6.09 Å². The van der Waals surface area contributed by atoms with Gasteiger partial charge in [0.2, 0.25) is 12.6 Å². The lowest BCUT2D eigenvalue weighted by atomic mass is 9.97. The third-order valence-electron chi connectivity index (χ3n) is 5.59. The van der Waals surface area contributed by atoms with Gasteiger partial charge in [0.1, 0.15) is 0 Å². The monoisotopic (exact) mass is 429 g/mol. The number of fused-ring (bicyclic) bond motifs is 1. The lowest BCUT2D eigenvalue weighted by Gasteiger charge is -2.31. The first-order valence-electron chi connectivity index (χ1n) is 10.6. The summed E-state index contributed by atoms with van der Waals surface area (Å²) in [6.07, 6.45) is 1.78. The van der Waals surface area contributed by atoms with Crippen molar-refractivity contribution in [3.63, 3.8) is 0 Å². The van der Waals surface area contributed by atoms with Gasteiger partial charge in [-0.25, -0.2) is 4.79 Å². The van der Waals surface area contributed by atoms with Crippen LogP contribution in [0, 0.1) is 0 Å². The number of likely N-dealkylation sites (tertiary alicyclic amines) is 1. The molecule has 0 saturated carbocycles. The molecular formula is C22H27N3O6. The van der Waals surface area contributed by atoms with Gasteiger partial charge in [-0.15, -0.1) is 0 Å². The maximum absolute atomic E-state index is 12.6. The van der Waals surface area contributed by atoms with Crippen molar-refractivity contribution in [3.8, 4) is 11.5 Å². The van der Waals surface area contributed by atoms with E-state index in [1.165, 1.54) is 0 Å². The van der Waals surface area contributed by atoms with Gasteiger partial charge in [0.15, 0.2) is 11.5 Å². The SMILES string of the molecule is CCOC(=O)N1CCC(NC(=O)c2cc(C(C)Cc3ccc4c(c3)OCO4)no2)CC1. The van der Waals surface area contributed by atoms with Crippen LogP contribution in [0.3, 0.4) is 0 Å². The Morgan fingerprint density at radius 1 is 1.23 bits per heavy atom. The molecule has 1 atom stereocenters. The molecule has 0 bridgehead atoms. The number of piperidine rings is 1. The number of ether oxygens (including phenoxy) is 3. The number of carbonyl (C=O) groups excluding carboxylic acids is 2. The lowest BCUT2D eigenvalue weighted by molar-refractivity contribution is 0.0834. The number of benzene rings is 1. The first-order chi connectivity index (χ1) is 15.0. The predicted molar refractivity (Wildman–Crippen MR) is 110 cm³/mol. The topological polar surface area (TPSA) is 103 Å². The number of amides is 2. The number of nitrogens with zero attached hydrogens (tertiary/aromatic N) is 2. The van der Waals surface area contributed by atoms with Crippen LogP contribution in [0.15, 0.2) is 28.8 Å². The normalized spacial score (nSPS) is 16.8. The van der Waals surface area contributed by atoms with Crippen LogP contribution < -0.4 is 14.8 Å². The van der Waals surface area contributed by atoms with E-state index in [4.69, 9.17) is 18.7 Å². The van der Waals surface area contributed by atoms with Crippen LogP contribution in [0.1, 0.15) is 54.4 Å². The molecule has 1 aromatic carbocycles. The maximum atomic E-state index is 12.6. The van der Waals surface area contributed by atoms with Crippen LogP contribution >= 0.6 is 0 Å². The Labute approximate surface area is 180 Å². The minimum absolute atomic E-state index is 0.0159. The molecule has 2 aliphatic heterocycles. The average molecular weight is 429 g/mol. The number of nitrogens with one attached hydrogen (secondary N) is 1. The van der Waals surface area contributed by atoms with Crippen LogP contribution in [0.4, 0.5) is 4.79 Å². The van der Waals surface area contributed by atoms with Crippen molar-refractivity contribution < 1.29 is 28.3 Å². The number of aromatic nitrogens is 1. The predicted octanol–water partition coefficient (Wildman–Crippen LogP) is 3.10. The Hall–Kier alpha value is -3.23. The molecule has 31 heavy (non-hydrogen) atoms. The van der Waals surface area contributed by atoms with E-state index in [-0.39, 0.29) is 36.5 Å². The molecule has 9 heteroatoms. The highest BCUT2D eigenvalue weighted by Gasteiger charge is 2.26. The van der Waals surface area contributed by atoms with Gasteiger partial charge in [0.25, 0.3) is 5.91 Å². The first-order valence-corrected chi connectivity index (χ1v) is 10.6. The molecule has 4 rings (SSSR count). The summed E-state index contributed by atoms with van der Waals surface area (Å²) in [4.78, 5) is 26.0. The van der Waals surface area contributed by atoms with Gasteiger partial charge in [-0.3, -0.25) is 4.79 Å². The van der Waals surface area contributed by atoms with Crippen molar-refractivity contribution in [2.24, 2.45) is 0 Å². The number of hydrogen-bond acceptors (Lipinski definition) is 7. The van der Waals surface area contributed by atoms with Crippen LogP contribution in [0.25, 0.3) is 0 Å². The van der Waals surface area contributed by atoms with Crippen LogP contribution in [0.5, 0.6) is 11.5 Å². The highest BCUT2D eigenvalue weighted by atomic mass is 16.7. The van der Waals surface area contributed by atoms with E-state index in [1.807, 2.05) is 25.1 Å². The van der Waals surface area contributed by atoms with E-state index in [9.17, 15) is 9.59 Å². The summed E-state index contributed by atoms with van der Waals surface area (Å²) in [5, 5.41) is 7.07. The number of carbonyl (C=O) groups is 2. The summed E-state index contributed by atoms with van der Waals surface area (Å²) >= 11 is 0. The zero-order chi connectivity index (χ0) is 21.8. The van der Waals surface area contributed by atoms with Crippen LogP contribution in [-0.2, 0) is 11.2 Å². The second-order valence-corrected chi connectivity index (χ2v) is 7.84. The fraction of sp³-hybridized carbons (Fsp3) is 0.500. The Bertz CT molecular complexity index is 935. The van der Waals surface area contributed by atoms with Gasteiger partial charge < -0.3 is 29.0 Å². The molecule has 3 heterocycles. The van der Waals surface area contributed by atoms with E-state index >= 15 is 0 Å². The van der Waals surface area contributed by atoms with Gasteiger partial charge in [-0.2, -0.15) is 0 Å². The quantitative estimate of drug-likeness (QED) is 0.753. The number of rotatable bonds is 6. The summed E-state index contributed by atoms with van der Waals surface area (Å²) in [7, 11) is 0. The van der Waals surface area contributed by atoms with Gasteiger partial charge in [-0.05, 0) is 43.9 Å². The largest absolute Gasteiger partial charge is 0.454 e. The molecule has 0 spiro atoms. The van der Waals surface area contributed by atoms with Crippen molar-refractivity contribution in [2.45, 2.75) is 45.1 Å². The average Bonchev–Trinajstić information content (AvgIpc) is 3.44. The van der Waals surface area contributed by atoms with Gasteiger partial charge in [-0.1, -0.05) is 18.1 Å². The number of hydrogen-bond donors (Lipinski definition) is 1.